The number of nitrogens with one attached hydrogen (secondary N) is 1. The molecule has 1 aliphatic heterocycles. The lowest BCUT2D eigenvalue weighted by Crippen LogP contribution is -2.37. The summed E-state index contributed by atoms with van der Waals surface area (Å²) in [4.78, 5) is 26.0. The van der Waals surface area contributed by atoms with Gasteiger partial charge in [-0.2, -0.15) is 13.2 Å². The summed E-state index contributed by atoms with van der Waals surface area (Å²) in [5.41, 5.74) is 1.07. The summed E-state index contributed by atoms with van der Waals surface area (Å²) in [6, 6.07) is 14.0. The van der Waals surface area contributed by atoms with E-state index < -0.39 is 29.7 Å². The number of anilines is 2. The normalized spacial score (nSPS) is 13.5. The van der Waals surface area contributed by atoms with Crippen molar-refractivity contribution in [1.82, 2.24) is 0 Å². The lowest BCUT2D eigenvalue weighted by atomic mass is 10.0. The van der Waals surface area contributed by atoms with E-state index in [1.807, 2.05) is 0 Å². The van der Waals surface area contributed by atoms with Crippen LogP contribution in [0.5, 0.6) is 11.5 Å². The number of amides is 1. The Labute approximate surface area is 228 Å². The number of aliphatic carboxylic acids is 1. The highest BCUT2D eigenvalue weighted by Crippen LogP contribution is 2.38. The Morgan fingerprint density at radius 1 is 1.08 bits per heavy atom. The number of hydrogen-bond donors (Lipinski definition) is 2. The highest BCUT2D eigenvalue weighted by molar-refractivity contribution is 6.30. The third kappa shape index (κ3) is 6.94. The van der Waals surface area contributed by atoms with Crippen molar-refractivity contribution in [3.05, 3.63) is 82.4 Å². The van der Waals surface area contributed by atoms with Crippen LogP contribution in [0.4, 0.5) is 24.5 Å². The van der Waals surface area contributed by atoms with Crippen molar-refractivity contribution in [3.8, 4) is 11.5 Å². The van der Waals surface area contributed by atoms with Gasteiger partial charge in [-0.3, -0.25) is 9.59 Å². The van der Waals surface area contributed by atoms with Gasteiger partial charge < -0.3 is 24.8 Å². The summed E-state index contributed by atoms with van der Waals surface area (Å²) in [5, 5.41) is 12.5. The lowest BCUT2D eigenvalue weighted by molar-refractivity contribution is -0.138. The van der Waals surface area contributed by atoms with Crippen LogP contribution in [-0.4, -0.2) is 37.2 Å². The summed E-state index contributed by atoms with van der Waals surface area (Å²) in [7, 11) is 1.47. The standard InChI is InChI=1S/C28H26ClF3N2O5/c1-38-22-14-21(15-23(16-22)39-12-2-3-25(35)36)33-26(18-5-8-20(29)9-6-18)27(37)34-11-10-17-4-7-19(13-24(17)34)28(30,31)32/h4-9,13-16,26,33H,2-3,10-12H2,1H3,(H,35,36). The van der Waals surface area contributed by atoms with E-state index in [1.165, 1.54) is 18.1 Å². The van der Waals surface area contributed by atoms with Gasteiger partial charge in [0.05, 0.1) is 19.3 Å². The van der Waals surface area contributed by atoms with Crippen LogP contribution in [0.3, 0.4) is 0 Å². The average molecular weight is 563 g/mol. The summed E-state index contributed by atoms with van der Waals surface area (Å²) >= 11 is 6.06. The van der Waals surface area contributed by atoms with Gasteiger partial charge in [0.25, 0.3) is 5.91 Å². The van der Waals surface area contributed by atoms with Crippen LogP contribution in [0, 0.1) is 0 Å². The van der Waals surface area contributed by atoms with Gasteiger partial charge in [0.2, 0.25) is 0 Å². The number of methoxy groups -OCH3 is 1. The van der Waals surface area contributed by atoms with Crippen LogP contribution in [0.15, 0.2) is 60.7 Å². The minimum absolute atomic E-state index is 0.0461. The molecule has 1 atom stereocenters. The molecule has 0 saturated carbocycles. The molecule has 1 aliphatic rings. The smallest absolute Gasteiger partial charge is 0.416 e. The molecule has 0 spiro atoms. The number of ether oxygens (including phenoxy) is 2. The molecule has 0 aromatic heterocycles. The van der Waals surface area contributed by atoms with E-state index in [-0.39, 0.29) is 25.3 Å². The summed E-state index contributed by atoms with van der Waals surface area (Å²) in [5.74, 6) is -0.549. The number of hydrogen-bond acceptors (Lipinski definition) is 5. The Kier molecular flexibility index (Phi) is 8.54. The number of carboxylic acids is 1. The number of fused-ring (bicyclic) bond motifs is 1. The molecule has 206 valence electrons. The second-order valence-electron chi connectivity index (χ2n) is 8.95. The maximum atomic E-state index is 13.9. The summed E-state index contributed by atoms with van der Waals surface area (Å²) in [6.07, 6.45) is -3.85. The highest BCUT2D eigenvalue weighted by Gasteiger charge is 2.36. The van der Waals surface area contributed by atoms with Crippen LogP contribution in [-0.2, 0) is 22.2 Å². The van der Waals surface area contributed by atoms with Crippen molar-refractivity contribution < 1.29 is 37.3 Å². The fraction of sp³-hybridized carbons (Fsp3) is 0.286. The second-order valence-corrected chi connectivity index (χ2v) is 9.39. The molecule has 39 heavy (non-hydrogen) atoms. The molecule has 0 aliphatic carbocycles. The third-order valence-corrected chi connectivity index (χ3v) is 6.51. The molecule has 11 heteroatoms. The fourth-order valence-electron chi connectivity index (χ4n) is 4.32. The predicted octanol–water partition coefficient (Wildman–Crippen LogP) is 6.35. The number of alkyl halides is 3. The number of benzene rings is 3. The van der Waals surface area contributed by atoms with Gasteiger partial charge in [-0.25, -0.2) is 0 Å². The molecule has 0 saturated heterocycles. The molecular weight excluding hydrogens is 537 g/mol. The first-order valence-corrected chi connectivity index (χ1v) is 12.5. The minimum atomic E-state index is -4.54. The van der Waals surface area contributed by atoms with Crippen LogP contribution < -0.4 is 19.7 Å². The topological polar surface area (TPSA) is 88.1 Å². The van der Waals surface area contributed by atoms with E-state index in [4.69, 9.17) is 26.2 Å². The monoisotopic (exact) mass is 562 g/mol. The Hall–Kier alpha value is -3.92. The molecule has 3 aromatic rings. The maximum Gasteiger partial charge on any atom is 0.416 e. The SMILES string of the molecule is COc1cc(NC(C(=O)N2CCc3ccc(C(F)(F)F)cc32)c2ccc(Cl)cc2)cc(OCCCC(=O)O)c1. The molecule has 1 heterocycles. The number of carboxylic acid groups (broad SMARTS) is 1. The van der Waals surface area contributed by atoms with E-state index in [9.17, 15) is 22.8 Å². The van der Waals surface area contributed by atoms with Crippen molar-refractivity contribution >= 4 is 34.9 Å². The molecule has 2 N–H and O–H groups in total. The zero-order valence-corrected chi connectivity index (χ0v) is 21.7. The van der Waals surface area contributed by atoms with Gasteiger partial charge >= 0.3 is 12.1 Å². The van der Waals surface area contributed by atoms with E-state index in [0.717, 1.165) is 12.1 Å². The Morgan fingerprint density at radius 2 is 1.79 bits per heavy atom. The van der Waals surface area contributed by atoms with E-state index in [0.29, 0.717) is 46.2 Å². The van der Waals surface area contributed by atoms with Gasteiger partial charge in [0, 0.05) is 47.6 Å². The quantitative estimate of drug-likeness (QED) is 0.280. The van der Waals surface area contributed by atoms with Gasteiger partial charge in [-0.15, -0.1) is 0 Å². The van der Waals surface area contributed by atoms with E-state index in [2.05, 4.69) is 5.32 Å². The largest absolute Gasteiger partial charge is 0.497 e. The van der Waals surface area contributed by atoms with E-state index >= 15 is 0 Å². The van der Waals surface area contributed by atoms with Crippen molar-refractivity contribution in [2.24, 2.45) is 0 Å². The van der Waals surface area contributed by atoms with Crippen LogP contribution >= 0.6 is 11.6 Å². The molecule has 7 nitrogen and oxygen atoms in total. The second kappa shape index (κ2) is 11.9. The predicted molar refractivity (Wildman–Crippen MR) is 141 cm³/mol. The summed E-state index contributed by atoms with van der Waals surface area (Å²) in [6.45, 7) is 0.391. The average Bonchev–Trinajstić information content (AvgIpc) is 3.33. The first-order valence-electron chi connectivity index (χ1n) is 12.1. The van der Waals surface area contributed by atoms with Gasteiger partial charge in [-0.05, 0) is 48.2 Å². The summed E-state index contributed by atoms with van der Waals surface area (Å²) < 4.78 is 51.3. The van der Waals surface area contributed by atoms with Gasteiger partial charge in [-0.1, -0.05) is 29.8 Å². The van der Waals surface area contributed by atoms with Gasteiger partial charge in [0.15, 0.2) is 0 Å². The molecule has 0 fully saturated rings. The molecule has 3 aromatic carbocycles. The molecule has 1 amide bonds. The van der Waals surface area contributed by atoms with Crippen LogP contribution in [0.25, 0.3) is 0 Å². The van der Waals surface area contributed by atoms with Crippen molar-refractivity contribution in [2.45, 2.75) is 31.5 Å². The van der Waals surface area contributed by atoms with Crippen molar-refractivity contribution in [1.29, 1.82) is 0 Å². The van der Waals surface area contributed by atoms with Crippen molar-refractivity contribution in [3.63, 3.8) is 0 Å². The van der Waals surface area contributed by atoms with Crippen LogP contribution in [0.1, 0.15) is 35.6 Å². The number of carbonyl (C=O) groups excluding carboxylic acids is 1. The Bertz CT molecular complexity index is 1350. The molecule has 0 bridgehead atoms. The highest BCUT2D eigenvalue weighted by atomic mass is 35.5. The first kappa shape index (κ1) is 28.1. The van der Waals surface area contributed by atoms with Gasteiger partial charge in [0.1, 0.15) is 17.5 Å². The number of nitrogens with zero attached hydrogens (tertiary/aromatic N) is 1. The zero-order chi connectivity index (χ0) is 28.2. The number of carbonyl (C=O) groups is 2. The Morgan fingerprint density at radius 3 is 2.46 bits per heavy atom. The zero-order valence-electron chi connectivity index (χ0n) is 20.9. The number of rotatable bonds is 10. The fourth-order valence-corrected chi connectivity index (χ4v) is 4.45. The van der Waals surface area contributed by atoms with E-state index in [1.54, 1.807) is 42.5 Å². The Balaban J connectivity index is 1.65. The molecule has 0 radical (unpaired) electrons. The maximum absolute atomic E-state index is 13.9. The lowest BCUT2D eigenvalue weighted by Gasteiger charge is -2.27. The third-order valence-electron chi connectivity index (χ3n) is 6.25. The molecule has 1 unspecified atom stereocenters. The minimum Gasteiger partial charge on any atom is -0.497 e. The number of halogens is 4. The first-order chi connectivity index (χ1) is 18.5. The van der Waals surface area contributed by atoms with Crippen LogP contribution in [0.2, 0.25) is 5.02 Å². The molecule has 4 rings (SSSR count). The molecular formula is C28H26ClF3N2O5. The van der Waals surface area contributed by atoms with Crippen molar-refractivity contribution in [2.75, 3.05) is 30.5 Å².